The highest BCUT2D eigenvalue weighted by Gasteiger charge is 2.34. The molecular formula is C11H20NO6P. The summed E-state index contributed by atoms with van der Waals surface area (Å²) in [6, 6.07) is 0. The van der Waals surface area contributed by atoms with Gasteiger partial charge in [0.05, 0.1) is 0 Å². The standard InChI is InChI=1S/C11H20NO6P/c1-2-10(13)12-8-6-4-3-5-7-9(11(14)15)19(16,17)18/h2,9H,1,3-8H2,(H,12,13)(H,14,15)(H2,16,17,18). The lowest BCUT2D eigenvalue weighted by Crippen LogP contribution is -2.22. The third-order valence-electron chi connectivity index (χ3n) is 2.58. The van der Waals surface area contributed by atoms with Crippen molar-refractivity contribution in [3.63, 3.8) is 0 Å². The van der Waals surface area contributed by atoms with Crippen LogP contribution in [0.4, 0.5) is 0 Å². The van der Waals surface area contributed by atoms with Crippen molar-refractivity contribution in [2.75, 3.05) is 6.54 Å². The summed E-state index contributed by atoms with van der Waals surface area (Å²) in [4.78, 5) is 39.2. The second-order valence-corrected chi connectivity index (χ2v) is 5.94. The average Bonchev–Trinajstić information content (AvgIpc) is 2.29. The van der Waals surface area contributed by atoms with E-state index in [1.165, 1.54) is 6.08 Å². The summed E-state index contributed by atoms with van der Waals surface area (Å²) in [5.41, 5.74) is -1.62. The first kappa shape index (κ1) is 17.8. The molecule has 0 aromatic heterocycles. The number of carbonyl (C=O) groups excluding carboxylic acids is 1. The largest absolute Gasteiger partial charge is 0.481 e. The van der Waals surface area contributed by atoms with E-state index in [1.54, 1.807) is 0 Å². The second-order valence-electron chi connectivity index (χ2n) is 4.14. The Kier molecular flexibility index (Phi) is 8.30. The smallest absolute Gasteiger partial charge is 0.339 e. The van der Waals surface area contributed by atoms with Crippen LogP contribution in [-0.4, -0.2) is 39.0 Å². The van der Waals surface area contributed by atoms with E-state index in [0.29, 0.717) is 19.4 Å². The molecule has 0 spiro atoms. The SMILES string of the molecule is C=CC(=O)NCCCCCCC(C(=O)O)P(=O)(O)O. The Morgan fingerprint density at radius 3 is 2.26 bits per heavy atom. The number of carboxylic acids is 1. The lowest BCUT2D eigenvalue weighted by molar-refractivity contribution is -0.137. The number of rotatable bonds is 10. The Balaban J connectivity index is 3.73. The summed E-state index contributed by atoms with van der Waals surface area (Å²) < 4.78 is 10.9. The lowest BCUT2D eigenvalue weighted by atomic mass is 10.1. The van der Waals surface area contributed by atoms with Gasteiger partial charge in [0, 0.05) is 6.54 Å². The molecule has 0 saturated carbocycles. The predicted molar refractivity (Wildman–Crippen MR) is 69.8 cm³/mol. The fraction of sp³-hybridized carbons (Fsp3) is 0.636. The Morgan fingerprint density at radius 2 is 1.79 bits per heavy atom. The van der Waals surface area contributed by atoms with Crippen molar-refractivity contribution < 1.29 is 29.0 Å². The zero-order valence-corrected chi connectivity index (χ0v) is 11.5. The van der Waals surface area contributed by atoms with E-state index in [2.05, 4.69) is 11.9 Å². The molecule has 4 N–H and O–H groups in total. The fourth-order valence-electron chi connectivity index (χ4n) is 1.54. The summed E-state index contributed by atoms with van der Waals surface area (Å²) in [5, 5.41) is 11.3. The van der Waals surface area contributed by atoms with Crippen LogP contribution in [0.3, 0.4) is 0 Å². The quantitative estimate of drug-likeness (QED) is 0.269. The van der Waals surface area contributed by atoms with Gasteiger partial charge in [-0.25, -0.2) is 0 Å². The highest BCUT2D eigenvalue weighted by atomic mass is 31.2. The summed E-state index contributed by atoms with van der Waals surface area (Å²) in [7, 11) is -4.58. The molecule has 0 aliphatic heterocycles. The molecule has 1 unspecified atom stereocenters. The first-order valence-corrected chi connectivity index (χ1v) is 7.65. The molecule has 1 amide bonds. The van der Waals surface area contributed by atoms with Crippen molar-refractivity contribution in [2.24, 2.45) is 0 Å². The van der Waals surface area contributed by atoms with Gasteiger partial charge in [-0.05, 0) is 18.9 Å². The maximum absolute atomic E-state index is 10.9. The molecule has 0 rings (SSSR count). The normalized spacial score (nSPS) is 12.7. The molecule has 0 saturated heterocycles. The number of unbranched alkanes of at least 4 members (excludes halogenated alkanes) is 3. The first-order valence-electron chi connectivity index (χ1n) is 5.97. The Labute approximate surface area is 111 Å². The maximum atomic E-state index is 10.9. The van der Waals surface area contributed by atoms with Crippen molar-refractivity contribution in [3.05, 3.63) is 12.7 Å². The van der Waals surface area contributed by atoms with Crippen LogP contribution in [0.5, 0.6) is 0 Å². The molecule has 110 valence electrons. The van der Waals surface area contributed by atoms with Gasteiger partial charge in [0.2, 0.25) is 5.91 Å². The molecule has 0 aromatic carbocycles. The van der Waals surface area contributed by atoms with Gasteiger partial charge in [-0.2, -0.15) is 0 Å². The van der Waals surface area contributed by atoms with E-state index in [0.717, 1.165) is 12.8 Å². The van der Waals surface area contributed by atoms with Gasteiger partial charge in [-0.3, -0.25) is 14.2 Å². The van der Waals surface area contributed by atoms with Gasteiger partial charge in [-0.1, -0.05) is 25.8 Å². The van der Waals surface area contributed by atoms with Crippen molar-refractivity contribution in [3.8, 4) is 0 Å². The van der Waals surface area contributed by atoms with E-state index in [4.69, 9.17) is 14.9 Å². The molecule has 0 bridgehead atoms. The summed E-state index contributed by atoms with van der Waals surface area (Å²) in [6.45, 7) is 3.81. The van der Waals surface area contributed by atoms with Crippen LogP contribution in [0.15, 0.2) is 12.7 Å². The van der Waals surface area contributed by atoms with Gasteiger partial charge in [-0.15, -0.1) is 0 Å². The topological polar surface area (TPSA) is 124 Å². The van der Waals surface area contributed by atoms with E-state index in [1.807, 2.05) is 0 Å². The van der Waals surface area contributed by atoms with Crippen LogP contribution in [-0.2, 0) is 14.2 Å². The lowest BCUT2D eigenvalue weighted by Gasteiger charge is -2.13. The maximum Gasteiger partial charge on any atom is 0.339 e. The predicted octanol–water partition coefficient (Wildman–Crippen LogP) is 0.870. The van der Waals surface area contributed by atoms with Gasteiger partial charge in [0.15, 0.2) is 5.66 Å². The molecule has 0 aromatic rings. The molecule has 0 aliphatic rings. The summed E-state index contributed by atoms with van der Waals surface area (Å²) in [6.07, 6.45) is 3.71. The molecule has 0 fully saturated rings. The molecule has 8 heteroatoms. The molecule has 7 nitrogen and oxygen atoms in total. The zero-order chi connectivity index (χ0) is 14.9. The van der Waals surface area contributed by atoms with Crippen molar-refractivity contribution in [1.29, 1.82) is 0 Å². The summed E-state index contributed by atoms with van der Waals surface area (Å²) >= 11 is 0. The Hall–Kier alpha value is -1.17. The van der Waals surface area contributed by atoms with Crippen molar-refractivity contribution in [2.45, 2.75) is 37.8 Å². The monoisotopic (exact) mass is 293 g/mol. The molecule has 0 aliphatic carbocycles. The first-order chi connectivity index (χ1) is 8.79. The van der Waals surface area contributed by atoms with Gasteiger partial charge in [0.1, 0.15) is 0 Å². The average molecular weight is 293 g/mol. The number of nitrogens with one attached hydrogen (secondary N) is 1. The second kappa shape index (κ2) is 8.85. The van der Waals surface area contributed by atoms with E-state index >= 15 is 0 Å². The van der Waals surface area contributed by atoms with E-state index in [9.17, 15) is 14.2 Å². The summed E-state index contributed by atoms with van der Waals surface area (Å²) in [5.74, 6) is -1.71. The van der Waals surface area contributed by atoms with Crippen LogP contribution in [0, 0.1) is 0 Å². The number of carbonyl (C=O) groups is 2. The van der Waals surface area contributed by atoms with Crippen molar-refractivity contribution >= 4 is 19.5 Å². The van der Waals surface area contributed by atoms with E-state index in [-0.39, 0.29) is 12.3 Å². The third kappa shape index (κ3) is 8.53. The fourth-order valence-corrected chi connectivity index (χ4v) is 2.34. The highest BCUT2D eigenvalue weighted by Crippen LogP contribution is 2.43. The van der Waals surface area contributed by atoms with Crippen LogP contribution in [0.2, 0.25) is 0 Å². The molecule has 19 heavy (non-hydrogen) atoms. The Bertz CT molecular complexity index is 364. The number of hydrogen-bond donors (Lipinski definition) is 4. The molecule has 0 radical (unpaired) electrons. The van der Waals surface area contributed by atoms with Crippen LogP contribution in [0.1, 0.15) is 32.1 Å². The highest BCUT2D eigenvalue weighted by molar-refractivity contribution is 7.53. The molecule has 0 heterocycles. The number of aliphatic carboxylic acids is 1. The minimum Gasteiger partial charge on any atom is -0.481 e. The number of hydrogen-bond acceptors (Lipinski definition) is 3. The van der Waals surface area contributed by atoms with Crippen LogP contribution < -0.4 is 5.32 Å². The zero-order valence-electron chi connectivity index (χ0n) is 10.6. The number of amides is 1. The minimum atomic E-state index is -4.58. The molecular weight excluding hydrogens is 273 g/mol. The van der Waals surface area contributed by atoms with Gasteiger partial charge >= 0.3 is 13.6 Å². The Morgan fingerprint density at radius 1 is 1.21 bits per heavy atom. The van der Waals surface area contributed by atoms with Gasteiger partial charge < -0.3 is 20.2 Å². The number of carboxylic acid groups (broad SMARTS) is 1. The van der Waals surface area contributed by atoms with Crippen LogP contribution in [0.25, 0.3) is 0 Å². The van der Waals surface area contributed by atoms with Gasteiger partial charge in [0.25, 0.3) is 0 Å². The van der Waals surface area contributed by atoms with Crippen molar-refractivity contribution in [1.82, 2.24) is 5.32 Å². The third-order valence-corrected chi connectivity index (χ3v) is 3.87. The van der Waals surface area contributed by atoms with E-state index < -0.39 is 19.2 Å². The van der Waals surface area contributed by atoms with Crippen LogP contribution >= 0.6 is 7.60 Å². The molecule has 1 atom stereocenters. The minimum absolute atomic E-state index is 0.0430.